The first kappa shape index (κ1) is 15.8. The van der Waals surface area contributed by atoms with Crippen LogP contribution in [-0.2, 0) is 9.53 Å². The average Bonchev–Trinajstić information content (AvgIpc) is 2.68. The normalized spacial score (nSPS) is 37.5. The van der Waals surface area contributed by atoms with Crippen molar-refractivity contribution in [2.24, 2.45) is 16.8 Å². The van der Waals surface area contributed by atoms with Crippen LogP contribution in [0.15, 0.2) is 4.99 Å². The molecule has 3 aliphatic rings. The van der Waals surface area contributed by atoms with Gasteiger partial charge >= 0.3 is 0 Å². The van der Waals surface area contributed by atoms with Crippen LogP contribution in [0.3, 0.4) is 0 Å². The number of aliphatic imine (C=N–C) groups is 1. The molecular weight excluding hydrogens is 278 g/mol. The van der Waals surface area contributed by atoms with Crippen molar-refractivity contribution >= 4 is 11.7 Å². The zero-order valence-corrected chi connectivity index (χ0v) is 14.3. The summed E-state index contributed by atoms with van der Waals surface area (Å²) in [6, 6.07) is 0. The highest BCUT2D eigenvalue weighted by Gasteiger charge is 2.49. The highest BCUT2D eigenvalue weighted by molar-refractivity contribution is 5.97. The summed E-state index contributed by atoms with van der Waals surface area (Å²) in [5.74, 6) is 1.44. The van der Waals surface area contributed by atoms with Crippen molar-refractivity contribution in [2.75, 3.05) is 20.1 Å². The van der Waals surface area contributed by atoms with Crippen molar-refractivity contribution in [2.45, 2.75) is 64.2 Å². The van der Waals surface area contributed by atoms with Crippen molar-refractivity contribution in [3.05, 3.63) is 0 Å². The van der Waals surface area contributed by atoms with Gasteiger partial charge < -0.3 is 15.0 Å². The Morgan fingerprint density at radius 3 is 2.50 bits per heavy atom. The van der Waals surface area contributed by atoms with Crippen LogP contribution in [0.4, 0.5) is 0 Å². The Morgan fingerprint density at radius 2 is 2.00 bits per heavy atom. The molecule has 1 N–H and O–H groups in total. The largest absolute Gasteiger partial charge is 0.374 e. The zero-order valence-electron chi connectivity index (χ0n) is 14.3. The summed E-state index contributed by atoms with van der Waals surface area (Å²) in [6.45, 7) is 8.12. The van der Waals surface area contributed by atoms with Crippen LogP contribution in [-0.4, -0.2) is 54.5 Å². The molecule has 1 amide bonds. The molecule has 4 unspecified atom stereocenters. The topological polar surface area (TPSA) is 53.9 Å². The number of carbonyl (C=O) groups excluding carboxylic acids is 1. The Hall–Kier alpha value is -1.10. The highest BCUT2D eigenvalue weighted by atomic mass is 16.5. The summed E-state index contributed by atoms with van der Waals surface area (Å²) < 4.78 is 5.84. The second-order valence-electron chi connectivity index (χ2n) is 7.34. The molecule has 2 heterocycles. The summed E-state index contributed by atoms with van der Waals surface area (Å²) in [5, 5.41) is 3.36. The lowest BCUT2D eigenvalue weighted by molar-refractivity contribution is -0.129. The smallest absolute Gasteiger partial charge is 0.226 e. The molecule has 5 heteroatoms. The van der Waals surface area contributed by atoms with E-state index in [2.05, 4.69) is 31.1 Å². The van der Waals surface area contributed by atoms with E-state index in [9.17, 15) is 4.79 Å². The van der Waals surface area contributed by atoms with Gasteiger partial charge in [-0.25, -0.2) is 0 Å². The molecule has 2 aliphatic heterocycles. The van der Waals surface area contributed by atoms with Gasteiger partial charge in [0.05, 0.1) is 23.7 Å². The van der Waals surface area contributed by atoms with Gasteiger partial charge in [-0.15, -0.1) is 0 Å². The molecule has 1 saturated heterocycles. The third-order valence-corrected chi connectivity index (χ3v) is 5.82. The molecule has 0 aromatic heterocycles. The number of likely N-dealkylation sites (N-methyl/N-ethyl adjacent to an activating group) is 1. The summed E-state index contributed by atoms with van der Waals surface area (Å²) in [6.07, 6.45) is 4.43. The second kappa shape index (κ2) is 5.84. The molecule has 4 atom stereocenters. The molecule has 22 heavy (non-hydrogen) atoms. The molecule has 3 rings (SSSR count). The van der Waals surface area contributed by atoms with E-state index in [1.54, 1.807) is 0 Å². The lowest BCUT2D eigenvalue weighted by atomic mass is 9.74. The van der Waals surface area contributed by atoms with Crippen LogP contribution in [0.25, 0.3) is 0 Å². The molecule has 0 bridgehead atoms. The third-order valence-electron chi connectivity index (χ3n) is 5.82. The van der Waals surface area contributed by atoms with E-state index in [1.165, 1.54) is 0 Å². The van der Waals surface area contributed by atoms with Gasteiger partial charge in [0.15, 0.2) is 0 Å². The van der Waals surface area contributed by atoms with Crippen molar-refractivity contribution in [3.8, 4) is 0 Å². The van der Waals surface area contributed by atoms with E-state index in [-0.39, 0.29) is 35.5 Å². The number of nitrogens with zero attached hydrogens (tertiary/aromatic N) is 2. The number of rotatable bonds is 3. The monoisotopic (exact) mass is 307 g/mol. The summed E-state index contributed by atoms with van der Waals surface area (Å²) >= 11 is 0. The molecule has 124 valence electrons. The predicted octanol–water partition coefficient (Wildman–Crippen LogP) is 1.82. The fourth-order valence-corrected chi connectivity index (χ4v) is 4.21. The molecule has 0 radical (unpaired) electrons. The van der Waals surface area contributed by atoms with Crippen molar-refractivity contribution in [1.29, 1.82) is 0 Å². The Labute approximate surface area is 133 Å². The Balaban J connectivity index is 1.75. The third kappa shape index (κ3) is 2.53. The van der Waals surface area contributed by atoms with Gasteiger partial charge in [0, 0.05) is 20.1 Å². The van der Waals surface area contributed by atoms with Gasteiger partial charge in [0.25, 0.3) is 0 Å². The number of carbonyl (C=O) groups is 1. The van der Waals surface area contributed by atoms with Gasteiger partial charge in [-0.05, 0) is 45.4 Å². The first-order chi connectivity index (χ1) is 10.4. The van der Waals surface area contributed by atoms with Gasteiger partial charge in [-0.3, -0.25) is 9.79 Å². The lowest BCUT2D eigenvalue weighted by Crippen LogP contribution is -2.65. The van der Waals surface area contributed by atoms with Crippen molar-refractivity contribution < 1.29 is 9.53 Å². The molecule has 5 nitrogen and oxygen atoms in total. The van der Waals surface area contributed by atoms with Gasteiger partial charge in [-0.1, -0.05) is 6.92 Å². The SMILES string of the molecule is CC1OC(C)C(C(=O)NC2(C3=NCCCN3C)CCC2)C1C. The number of amides is 1. The first-order valence-electron chi connectivity index (χ1n) is 8.68. The zero-order chi connectivity index (χ0) is 15.9. The summed E-state index contributed by atoms with van der Waals surface area (Å²) in [7, 11) is 2.09. The number of nitrogens with one attached hydrogen (secondary N) is 1. The van der Waals surface area contributed by atoms with E-state index >= 15 is 0 Å². The van der Waals surface area contributed by atoms with Crippen molar-refractivity contribution in [1.82, 2.24) is 10.2 Å². The van der Waals surface area contributed by atoms with E-state index < -0.39 is 0 Å². The maximum atomic E-state index is 12.9. The number of hydrogen-bond donors (Lipinski definition) is 1. The number of hydrogen-bond acceptors (Lipinski definition) is 4. The minimum Gasteiger partial charge on any atom is -0.374 e. The van der Waals surface area contributed by atoms with Crippen LogP contribution in [0.2, 0.25) is 0 Å². The summed E-state index contributed by atoms with van der Waals surface area (Å²) in [4.78, 5) is 19.9. The van der Waals surface area contributed by atoms with Gasteiger partial charge in [0.2, 0.25) is 5.91 Å². The second-order valence-corrected chi connectivity index (χ2v) is 7.34. The van der Waals surface area contributed by atoms with E-state index in [4.69, 9.17) is 9.73 Å². The number of amidine groups is 1. The standard InChI is InChI=1S/C17H29N3O2/c1-11-12(2)22-13(3)14(11)15(21)19-17(7-5-8-17)16-18-9-6-10-20(16)4/h11-14H,5-10H2,1-4H3,(H,19,21). The minimum atomic E-state index is -0.225. The quantitative estimate of drug-likeness (QED) is 0.865. The lowest BCUT2D eigenvalue weighted by Gasteiger charge is -2.47. The van der Waals surface area contributed by atoms with Crippen LogP contribution in [0, 0.1) is 11.8 Å². The Bertz CT molecular complexity index is 473. The predicted molar refractivity (Wildman–Crippen MR) is 86.9 cm³/mol. The van der Waals surface area contributed by atoms with Crippen LogP contribution in [0.1, 0.15) is 46.5 Å². The average molecular weight is 307 g/mol. The molecular formula is C17H29N3O2. The molecule has 1 aliphatic carbocycles. The highest BCUT2D eigenvalue weighted by Crippen LogP contribution is 2.38. The van der Waals surface area contributed by atoms with Crippen molar-refractivity contribution in [3.63, 3.8) is 0 Å². The first-order valence-corrected chi connectivity index (χ1v) is 8.68. The Morgan fingerprint density at radius 1 is 1.27 bits per heavy atom. The fourth-order valence-electron chi connectivity index (χ4n) is 4.21. The Kier molecular flexibility index (Phi) is 4.19. The van der Waals surface area contributed by atoms with Crippen LogP contribution >= 0.6 is 0 Å². The van der Waals surface area contributed by atoms with Crippen LogP contribution in [0.5, 0.6) is 0 Å². The van der Waals surface area contributed by atoms with Crippen LogP contribution < -0.4 is 5.32 Å². The molecule has 2 fully saturated rings. The maximum Gasteiger partial charge on any atom is 0.226 e. The molecule has 0 spiro atoms. The molecule has 0 aromatic rings. The van der Waals surface area contributed by atoms with E-state index in [1.807, 2.05) is 6.92 Å². The van der Waals surface area contributed by atoms with E-state index in [0.29, 0.717) is 0 Å². The summed E-state index contributed by atoms with van der Waals surface area (Å²) in [5.41, 5.74) is -0.225. The maximum absolute atomic E-state index is 12.9. The van der Waals surface area contributed by atoms with Gasteiger partial charge in [0.1, 0.15) is 5.84 Å². The fraction of sp³-hybridized carbons (Fsp3) is 0.882. The molecule has 0 aromatic carbocycles. The minimum absolute atomic E-state index is 0.00634. The van der Waals surface area contributed by atoms with Gasteiger partial charge in [-0.2, -0.15) is 0 Å². The van der Waals surface area contributed by atoms with E-state index in [0.717, 1.165) is 44.6 Å². The molecule has 1 saturated carbocycles. The number of ether oxygens (including phenoxy) is 1.